The molecule has 2 amide bonds. The maximum absolute atomic E-state index is 12.1. The molecule has 0 spiro atoms. The quantitative estimate of drug-likeness (QED) is 0.742. The van der Waals surface area contributed by atoms with Crippen molar-refractivity contribution in [2.45, 2.75) is 6.92 Å². The molecule has 0 radical (unpaired) electrons. The molecule has 5 nitrogen and oxygen atoms in total. The van der Waals surface area contributed by atoms with E-state index >= 15 is 0 Å². The van der Waals surface area contributed by atoms with Crippen molar-refractivity contribution in [3.8, 4) is 0 Å². The third kappa shape index (κ3) is 2.95. The summed E-state index contributed by atoms with van der Waals surface area (Å²) in [6, 6.07) is 11.5. The van der Waals surface area contributed by atoms with E-state index in [4.69, 9.17) is 11.5 Å². The second-order valence-electron chi connectivity index (χ2n) is 4.47. The van der Waals surface area contributed by atoms with Gasteiger partial charge in [0.25, 0.3) is 5.91 Å². The van der Waals surface area contributed by atoms with Crippen LogP contribution in [-0.2, 0) is 0 Å². The fraction of sp³-hybridized carbons (Fsp3) is 0.0667. The van der Waals surface area contributed by atoms with Crippen molar-refractivity contribution in [3.05, 3.63) is 59.2 Å². The highest BCUT2D eigenvalue weighted by Gasteiger charge is 2.08. The number of nitrogens with one attached hydrogen (secondary N) is 1. The van der Waals surface area contributed by atoms with Crippen LogP contribution in [0.15, 0.2) is 42.5 Å². The first-order chi connectivity index (χ1) is 9.47. The second kappa shape index (κ2) is 5.44. The fourth-order valence-electron chi connectivity index (χ4n) is 1.74. The molecule has 2 aromatic carbocycles. The molecule has 0 bridgehead atoms. The molecule has 102 valence electrons. The summed E-state index contributed by atoms with van der Waals surface area (Å²) in [6.45, 7) is 1.84. The summed E-state index contributed by atoms with van der Waals surface area (Å²) in [5, 5.41) is 2.74. The molecule has 0 aromatic heterocycles. The van der Waals surface area contributed by atoms with E-state index in [1.165, 1.54) is 0 Å². The summed E-state index contributed by atoms with van der Waals surface area (Å²) in [7, 11) is 0. The average molecular weight is 269 g/mol. The molecule has 0 aliphatic heterocycles. The Hall–Kier alpha value is -2.82. The lowest BCUT2D eigenvalue weighted by Crippen LogP contribution is -2.13. The molecular weight excluding hydrogens is 254 g/mol. The van der Waals surface area contributed by atoms with Gasteiger partial charge in [-0.05, 0) is 55.0 Å². The highest BCUT2D eigenvalue weighted by Crippen LogP contribution is 2.15. The maximum atomic E-state index is 12.1. The van der Waals surface area contributed by atoms with E-state index in [-0.39, 0.29) is 5.91 Å². The van der Waals surface area contributed by atoms with Crippen LogP contribution in [0.2, 0.25) is 0 Å². The zero-order valence-electron chi connectivity index (χ0n) is 11.0. The van der Waals surface area contributed by atoms with Crippen LogP contribution < -0.4 is 16.8 Å². The number of benzene rings is 2. The topological polar surface area (TPSA) is 98.2 Å². The van der Waals surface area contributed by atoms with Crippen LogP contribution in [0.3, 0.4) is 0 Å². The van der Waals surface area contributed by atoms with E-state index in [0.717, 1.165) is 5.56 Å². The third-order valence-corrected chi connectivity index (χ3v) is 2.96. The molecule has 2 rings (SSSR count). The molecule has 0 heterocycles. The molecule has 5 N–H and O–H groups in total. The Morgan fingerprint density at radius 2 is 1.60 bits per heavy atom. The third-order valence-electron chi connectivity index (χ3n) is 2.96. The lowest BCUT2D eigenvalue weighted by Gasteiger charge is -2.07. The number of carbonyl (C=O) groups excluding carboxylic acids is 2. The molecule has 0 fully saturated rings. The Morgan fingerprint density at radius 3 is 2.15 bits per heavy atom. The van der Waals surface area contributed by atoms with Gasteiger partial charge < -0.3 is 16.8 Å². The smallest absolute Gasteiger partial charge is 0.255 e. The highest BCUT2D eigenvalue weighted by molar-refractivity contribution is 6.04. The number of hydrogen-bond donors (Lipinski definition) is 3. The Labute approximate surface area is 116 Å². The van der Waals surface area contributed by atoms with Crippen molar-refractivity contribution < 1.29 is 9.59 Å². The van der Waals surface area contributed by atoms with Crippen LogP contribution >= 0.6 is 0 Å². The summed E-state index contributed by atoms with van der Waals surface area (Å²) in [5.41, 5.74) is 13.9. The number of amides is 2. The van der Waals surface area contributed by atoms with Crippen molar-refractivity contribution in [1.82, 2.24) is 0 Å². The molecule has 5 heteroatoms. The van der Waals surface area contributed by atoms with E-state index in [0.29, 0.717) is 22.5 Å². The van der Waals surface area contributed by atoms with Gasteiger partial charge in [-0.3, -0.25) is 9.59 Å². The average Bonchev–Trinajstić information content (AvgIpc) is 2.42. The van der Waals surface area contributed by atoms with E-state index in [2.05, 4.69) is 5.32 Å². The first kappa shape index (κ1) is 13.6. The first-order valence-electron chi connectivity index (χ1n) is 6.04. The van der Waals surface area contributed by atoms with Gasteiger partial charge in [0.05, 0.1) is 0 Å². The number of rotatable bonds is 3. The molecule has 0 atom stereocenters. The van der Waals surface area contributed by atoms with Gasteiger partial charge in [0.15, 0.2) is 0 Å². The lowest BCUT2D eigenvalue weighted by atomic mass is 10.1. The van der Waals surface area contributed by atoms with Gasteiger partial charge in [-0.2, -0.15) is 0 Å². The number of aryl methyl sites for hydroxylation is 1. The molecule has 0 saturated heterocycles. The Bertz CT molecular complexity index is 663. The van der Waals surface area contributed by atoms with E-state index in [1.807, 2.05) is 6.92 Å². The molecule has 20 heavy (non-hydrogen) atoms. The normalized spacial score (nSPS) is 10.1. The van der Waals surface area contributed by atoms with Crippen molar-refractivity contribution in [2.24, 2.45) is 5.73 Å². The summed E-state index contributed by atoms with van der Waals surface area (Å²) < 4.78 is 0. The van der Waals surface area contributed by atoms with E-state index in [9.17, 15) is 9.59 Å². The van der Waals surface area contributed by atoms with Crippen molar-refractivity contribution >= 4 is 23.2 Å². The number of hydrogen-bond acceptors (Lipinski definition) is 3. The highest BCUT2D eigenvalue weighted by atomic mass is 16.2. The number of anilines is 2. The summed E-state index contributed by atoms with van der Waals surface area (Å²) in [6.07, 6.45) is 0. The van der Waals surface area contributed by atoms with Gasteiger partial charge in [0, 0.05) is 22.5 Å². The second-order valence-corrected chi connectivity index (χ2v) is 4.47. The standard InChI is InChI=1S/C15H15N3O2/c1-9-8-11(4-7-13(9)16)15(20)18-12-5-2-10(3-6-12)14(17)19/h2-8H,16H2,1H3,(H2,17,19)(H,18,20). The predicted molar refractivity (Wildman–Crippen MR) is 78.5 cm³/mol. The monoisotopic (exact) mass is 269 g/mol. The van der Waals surface area contributed by atoms with Crippen LogP contribution in [0.5, 0.6) is 0 Å². The van der Waals surface area contributed by atoms with Gasteiger partial charge in [-0.25, -0.2) is 0 Å². The van der Waals surface area contributed by atoms with Crippen LogP contribution in [0.25, 0.3) is 0 Å². The number of carbonyl (C=O) groups is 2. The van der Waals surface area contributed by atoms with Crippen molar-refractivity contribution in [1.29, 1.82) is 0 Å². The molecule has 0 aliphatic carbocycles. The zero-order chi connectivity index (χ0) is 14.7. The molecule has 0 saturated carbocycles. The Morgan fingerprint density at radius 1 is 1.00 bits per heavy atom. The lowest BCUT2D eigenvalue weighted by molar-refractivity contribution is 0.0998. The van der Waals surface area contributed by atoms with E-state index in [1.54, 1.807) is 42.5 Å². The summed E-state index contributed by atoms with van der Waals surface area (Å²) >= 11 is 0. The van der Waals surface area contributed by atoms with Crippen LogP contribution in [0, 0.1) is 6.92 Å². The van der Waals surface area contributed by atoms with Gasteiger partial charge in [-0.15, -0.1) is 0 Å². The van der Waals surface area contributed by atoms with E-state index < -0.39 is 5.91 Å². The minimum Gasteiger partial charge on any atom is -0.399 e. The molecular formula is C15H15N3O2. The first-order valence-corrected chi connectivity index (χ1v) is 6.04. The van der Waals surface area contributed by atoms with Gasteiger partial charge in [0.1, 0.15) is 0 Å². The van der Waals surface area contributed by atoms with Crippen LogP contribution in [0.1, 0.15) is 26.3 Å². The van der Waals surface area contributed by atoms with Crippen LogP contribution in [-0.4, -0.2) is 11.8 Å². The fourth-order valence-corrected chi connectivity index (χ4v) is 1.74. The largest absolute Gasteiger partial charge is 0.399 e. The maximum Gasteiger partial charge on any atom is 0.255 e. The van der Waals surface area contributed by atoms with Gasteiger partial charge in [0.2, 0.25) is 5.91 Å². The predicted octanol–water partition coefficient (Wildman–Crippen LogP) is 1.93. The van der Waals surface area contributed by atoms with Crippen LogP contribution in [0.4, 0.5) is 11.4 Å². The number of nitrogen functional groups attached to an aromatic ring is 1. The Kier molecular flexibility index (Phi) is 3.70. The van der Waals surface area contributed by atoms with Crippen molar-refractivity contribution in [2.75, 3.05) is 11.1 Å². The van der Waals surface area contributed by atoms with Gasteiger partial charge >= 0.3 is 0 Å². The van der Waals surface area contributed by atoms with Crippen molar-refractivity contribution in [3.63, 3.8) is 0 Å². The van der Waals surface area contributed by atoms with Gasteiger partial charge in [-0.1, -0.05) is 0 Å². The number of nitrogens with two attached hydrogens (primary N) is 2. The summed E-state index contributed by atoms with van der Waals surface area (Å²) in [5.74, 6) is -0.739. The zero-order valence-corrected chi connectivity index (χ0v) is 11.0. The Balaban J connectivity index is 2.14. The minimum absolute atomic E-state index is 0.236. The number of primary amides is 1. The molecule has 0 unspecified atom stereocenters. The molecule has 2 aromatic rings. The minimum atomic E-state index is -0.503. The molecule has 0 aliphatic rings. The SMILES string of the molecule is Cc1cc(C(=O)Nc2ccc(C(N)=O)cc2)ccc1N. The summed E-state index contributed by atoms with van der Waals surface area (Å²) in [4.78, 5) is 23.0.